The predicted octanol–water partition coefficient (Wildman–Crippen LogP) is 4.11. The zero-order valence-electron chi connectivity index (χ0n) is 11.0. The molecule has 0 heterocycles. The molecule has 1 aliphatic carbocycles. The molecule has 1 unspecified atom stereocenters. The van der Waals surface area contributed by atoms with Crippen LogP contribution in [0.4, 0.5) is 5.69 Å². The van der Waals surface area contributed by atoms with Gasteiger partial charge in [0.05, 0.1) is 6.10 Å². The Morgan fingerprint density at radius 3 is 2.83 bits per heavy atom. The highest BCUT2D eigenvalue weighted by atomic mass is 79.9. The maximum atomic E-state index is 10.1. The highest BCUT2D eigenvalue weighted by molar-refractivity contribution is 9.10. The van der Waals surface area contributed by atoms with Gasteiger partial charge >= 0.3 is 0 Å². The number of benzene rings is 1. The fraction of sp³-hybridized carbons (Fsp3) is 0.600. The standard InChI is InChI=1S/C15H22BrNO/c1-11-6-7-13(16)9-15(11)17-10-14(18)8-12-4-2-3-5-12/h6-7,9,12,14,17-18H,2-5,8,10H2,1H3. The summed E-state index contributed by atoms with van der Waals surface area (Å²) in [4.78, 5) is 0. The van der Waals surface area contributed by atoms with Gasteiger partial charge in [-0.25, -0.2) is 0 Å². The van der Waals surface area contributed by atoms with E-state index >= 15 is 0 Å². The molecule has 0 aliphatic heterocycles. The van der Waals surface area contributed by atoms with Crippen LogP contribution >= 0.6 is 15.9 Å². The van der Waals surface area contributed by atoms with Crippen molar-refractivity contribution in [3.8, 4) is 0 Å². The summed E-state index contributed by atoms with van der Waals surface area (Å²) in [5.74, 6) is 0.741. The molecule has 2 rings (SSSR count). The fourth-order valence-corrected chi connectivity index (χ4v) is 3.09. The molecule has 1 aliphatic rings. The number of nitrogens with one attached hydrogen (secondary N) is 1. The minimum absolute atomic E-state index is 0.230. The fourth-order valence-electron chi connectivity index (χ4n) is 2.73. The van der Waals surface area contributed by atoms with E-state index in [1.54, 1.807) is 0 Å². The van der Waals surface area contributed by atoms with Crippen molar-refractivity contribution < 1.29 is 5.11 Å². The maximum absolute atomic E-state index is 10.1. The van der Waals surface area contributed by atoms with Crippen molar-refractivity contribution in [3.63, 3.8) is 0 Å². The molecule has 18 heavy (non-hydrogen) atoms. The van der Waals surface area contributed by atoms with Crippen molar-refractivity contribution >= 4 is 21.6 Å². The molecule has 0 spiro atoms. The molecule has 0 saturated heterocycles. The van der Waals surface area contributed by atoms with E-state index in [2.05, 4.69) is 40.3 Å². The van der Waals surface area contributed by atoms with Crippen molar-refractivity contribution in [2.24, 2.45) is 5.92 Å². The van der Waals surface area contributed by atoms with E-state index in [4.69, 9.17) is 0 Å². The SMILES string of the molecule is Cc1ccc(Br)cc1NCC(O)CC1CCCC1. The Kier molecular flexibility index (Phi) is 5.07. The van der Waals surface area contributed by atoms with E-state index in [9.17, 15) is 5.11 Å². The summed E-state index contributed by atoms with van der Waals surface area (Å²) in [5, 5.41) is 13.4. The predicted molar refractivity (Wildman–Crippen MR) is 80.0 cm³/mol. The molecule has 1 aromatic carbocycles. The number of hydrogen-bond acceptors (Lipinski definition) is 2. The first-order valence-corrected chi connectivity index (χ1v) is 7.62. The second-order valence-electron chi connectivity index (χ2n) is 5.38. The molecular formula is C15H22BrNO. The van der Waals surface area contributed by atoms with E-state index in [1.807, 2.05) is 6.07 Å². The molecule has 0 bridgehead atoms. The summed E-state index contributed by atoms with van der Waals surface area (Å²) in [5.41, 5.74) is 2.32. The average Bonchev–Trinajstić information content (AvgIpc) is 2.83. The Morgan fingerprint density at radius 2 is 2.11 bits per heavy atom. The summed E-state index contributed by atoms with van der Waals surface area (Å²) < 4.78 is 1.07. The molecule has 0 aromatic heterocycles. The van der Waals surface area contributed by atoms with Gasteiger partial charge in [0, 0.05) is 16.7 Å². The van der Waals surface area contributed by atoms with E-state index < -0.39 is 0 Å². The van der Waals surface area contributed by atoms with Crippen LogP contribution in [0, 0.1) is 12.8 Å². The molecule has 0 radical (unpaired) electrons. The van der Waals surface area contributed by atoms with Crippen LogP contribution in [-0.2, 0) is 0 Å². The molecule has 1 saturated carbocycles. The lowest BCUT2D eigenvalue weighted by Crippen LogP contribution is -2.22. The smallest absolute Gasteiger partial charge is 0.0715 e. The monoisotopic (exact) mass is 311 g/mol. The Labute approximate surface area is 118 Å². The van der Waals surface area contributed by atoms with Crippen molar-refractivity contribution in [3.05, 3.63) is 28.2 Å². The second-order valence-corrected chi connectivity index (χ2v) is 6.30. The topological polar surface area (TPSA) is 32.3 Å². The second kappa shape index (κ2) is 6.58. The third-order valence-electron chi connectivity index (χ3n) is 3.81. The van der Waals surface area contributed by atoms with Gasteiger partial charge in [-0.3, -0.25) is 0 Å². The van der Waals surface area contributed by atoms with Crippen molar-refractivity contribution in [1.29, 1.82) is 0 Å². The molecule has 100 valence electrons. The van der Waals surface area contributed by atoms with Gasteiger partial charge in [-0.1, -0.05) is 47.7 Å². The van der Waals surface area contributed by atoms with Crippen molar-refractivity contribution in [2.75, 3.05) is 11.9 Å². The van der Waals surface area contributed by atoms with Crippen LogP contribution in [0.25, 0.3) is 0 Å². The van der Waals surface area contributed by atoms with Gasteiger partial charge in [-0.05, 0) is 37.0 Å². The van der Waals surface area contributed by atoms with Crippen LogP contribution in [0.1, 0.15) is 37.7 Å². The Balaban J connectivity index is 1.81. The van der Waals surface area contributed by atoms with E-state index in [0.29, 0.717) is 6.54 Å². The molecule has 1 atom stereocenters. The third kappa shape index (κ3) is 3.99. The van der Waals surface area contributed by atoms with Gasteiger partial charge < -0.3 is 10.4 Å². The van der Waals surface area contributed by atoms with Gasteiger partial charge in [0.1, 0.15) is 0 Å². The number of hydrogen-bond donors (Lipinski definition) is 2. The van der Waals surface area contributed by atoms with Gasteiger partial charge in [0.25, 0.3) is 0 Å². The van der Waals surface area contributed by atoms with E-state index in [0.717, 1.165) is 22.5 Å². The minimum Gasteiger partial charge on any atom is -0.391 e. The lowest BCUT2D eigenvalue weighted by Gasteiger charge is -2.17. The van der Waals surface area contributed by atoms with Crippen LogP contribution in [0.3, 0.4) is 0 Å². The van der Waals surface area contributed by atoms with Crippen LogP contribution in [0.5, 0.6) is 0 Å². The lowest BCUT2D eigenvalue weighted by atomic mass is 10.00. The third-order valence-corrected chi connectivity index (χ3v) is 4.30. The van der Waals surface area contributed by atoms with E-state index in [-0.39, 0.29) is 6.10 Å². The van der Waals surface area contributed by atoms with Crippen LogP contribution in [0.2, 0.25) is 0 Å². The first kappa shape index (κ1) is 13.9. The van der Waals surface area contributed by atoms with Crippen LogP contribution < -0.4 is 5.32 Å². The highest BCUT2D eigenvalue weighted by Gasteiger charge is 2.18. The van der Waals surface area contributed by atoms with Gasteiger partial charge in [-0.2, -0.15) is 0 Å². The number of aryl methyl sites for hydroxylation is 1. The zero-order chi connectivity index (χ0) is 13.0. The number of aliphatic hydroxyl groups excluding tert-OH is 1. The largest absolute Gasteiger partial charge is 0.391 e. The molecule has 1 aromatic rings. The normalized spacial score (nSPS) is 17.9. The number of anilines is 1. The van der Waals surface area contributed by atoms with Gasteiger partial charge in [0.2, 0.25) is 0 Å². The summed E-state index contributed by atoms with van der Waals surface area (Å²) in [6.45, 7) is 2.73. The zero-order valence-corrected chi connectivity index (χ0v) is 12.5. The molecule has 2 N–H and O–H groups in total. The summed E-state index contributed by atoms with van der Waals surface area (Å²) in [6.07, 6.45) is 6.00. The van der Waals surface area contributed by atoms with Crippen molar-refractivity contribution in [2.45, 2.75) is 45.1 Å². The van der Waals surface area contributed by atoms with Gasteiger partial charge in [-0.15, -0.1) is 0 Å². The Hall–Kier alpha value is -0.540. The van der Waals surface area contributed by atoms with E-state index in [1.165, 1.54) is 31.2 Å². The molecule has 2 nitrogen and oxygen atoms in total. The minimum atomic E-state index is -0.230. The first-order chi connectivity index (χ1) is 8.65. The number of rotatable bonds is 5. The lowest BCUT2D eigenvalue weighted by molar-refractivity contribution is 0.155. The molecule has 1 fully saturated rings. The van der Waals surface area contributed by atoms with Gasteiger partial charge in [0.15, 0.2) is 0 Å². The summed E-state index contributed by atoms with van der Waals surface area (Å²) in [6, 6.07) is 6.18. The highest BCUT2D eigenvalue weighted by Crippen LogP contribution is 2.28. The van der Waals surface area contributed by atoms with Crippen molar-refractivity contribution in [1.82, 2.24) is 0 Å². The maximum Gasteiger partial charge on any atom is 0.0715 e. The quantitative estimate of drug-likeness (QED) is 0.857. The first-order valence-electron chi connectivity index (χ1n) is 6.83. The molecule has 0 amide bonds. The number of halogens is 1. The molecule has 3 heteroatoms. The summed E-state index contributed by atoms with van der Waals surface area (Å²) >= 11 is 3.47. The molecular weight excluding hydrogens is 290 g/mol. The Morgan fingerprint density at radius 1 is 1.39 bits per heavy atom. The average molecular weight is 312 g/mol. The number of aliphatic hydroxyl groups is 1. The summed E-state index contributed by atoms with van der Waals surface area (Å²) in [7, 11) is 0. The Bertz CT molecular complexity index is 388. The van der Waals surface area contributed by atoms with Crippen LogP contribution in [0.15, 0.2) is 22.7 Å². The van der Waals surface area contributed by atoms with Crippen LogP contribution in [-0.4, -0.2) is 17.8 Å².